The van der Waals surface area contributed by atoms with E-state index in [2.05, 4.69) is 15.1 Å². The molecular formula is C17H22N4O. The normalized spacial score (nSPS) is 22.7. The molecule has 2 aromatic rings. The van der Waals surface area contributed by atoms with E-state index in [0.717, 1.165) is 36.8 Å². The Hall–Kier alpha value is -1.88. The average Bonchev–Trinajstić information content (AvgIpc) is 3.27. The molecule has 1 N–H and O–H groups in total. The van der Waals surface area contributed by atoms with Gasteiger partial charge in [0.2, 0.25) is 0 Å². The number of hydrogen-bond acceptors (Lipinski definition) is 3. The van der Waals surface area contributed by atoms with E-state index in [0.29, 0.717) is 11.7 Å². The Morgan fingerprint density at radius 1 is 1.18 bits per heavy atom. The molecule has 4 rings (SSSR count). The largest absolute Gasteiger partial charge is 0.333 e. The molecule has 1 atom stereocenters. The Morgan fingerprint density at radius 2 is 2.00 bits per heavy atom. The van der Waals surface area contributed by atoms with Gasteiger partial charge < -0.3 is 9.80 Å². The first-order chi connectivity index (χ1) is 10.8. The van der Waals surface area contributed by atoms with Gasteiger partial charge in [0.15, 0.2) is 5.69 Å². The zero-order chi connectivity index (χ0) is 14.9. The van der Waals surface area contributed by atoms with E-state index in [-0.39, 0.29) is 5.91 Å². The number of nitrogens with zero attached hydrogens (tertiary/aromatic N) is 3. The number of nitrogens with one attached hydrogen (secondary N) is 1. The zero-order valence-electron chi connectivity index (χ0n) is 12.8. The molecule has 2 fully saturated rings. The molecule has 1 aromatic carbocycles. The summed E-state index contributed by atoms with van der Waals surface area (Å²) in [5.74, 6) is 0.0825. The molecule has 1 aromatic heterocycles. The summed E-state index contributed by atoms with van der Waals surface area (Å²) in [5.41, 5.74) is 1.50. The van der Waals surface area contributed by atoms with E-state index in [1.807, 2.05) is 29.2 Å². The van der Waals surface area contributed by atoms with Crippen molar-refractivity contribution in [3.05, 3.63) is 30.0 Å². The van der Waals surface area contributed by atoms with Crippen LogP contribution in [0.5, 0.6) is 0 Å². The van der Waals surface area contributed by atoms with Crippen molar-refractivity contribution >= 4 is 16.8 Å². The molecule has 0 unspecified atom stereocenters. The van der Waals surface area contributed by atoms with Crippen LogP contribution in [0.4, 0.5) is 0 Å². The minimum Gasteiger partial charge on any atom is -0.333 e. The van der Waals surface area contributed by atoms with Crippen LogP contribution in [0, 0.1) is 0 Å². The third-order valence-corrected chi connectivity index (χ3v) is 4.98. The number of fused-ring (bicyclic) bond motifs is 1. The van der Waals surface area contributed by atoms with E-state index in [1.165, 1.54) is 25.9 Å². The smallest absolute Gasteiger partial charge is 0.275 e. The second kappa shape index (κ2) is 5.72. The number of likely N-dealkylation sites (tertiary alicyclic amines) is 2. The molecule has 5 nitrogen and oxygen atoms in total. The van der Waals surface area contributed by atoms with Crippen LogP contribution < -0.4 is 0 Å². The monoisotopic (exact) mass is 298 g/mol. The summed E-state index contributed by atoms with van der Waals surface area (Å²) < 4.78 is 0. The number of benzene rings is 1. The second-order valence-electron chi connectivity index (χ2n) is 6.42. The number of carbonyl (C=O) groups excluding carboxylic acids is 1. The molecule has 0 aliphatic carbocycles. The Morgan fingerprint density at radius 3 is 2.86 bits per heavy atom. The summed E-state index contributed by atoms with van der Waals surface area (Å²) in [5, 5.41) is 8.18. The van der Waals surface area contributed by atoms with Crippen LogP contribution in [-0.2, 0) is 0 Å². The number of H-pyrrole nitrogens is 1. The topological polar surface area (TPSA) is 52.2 Å². The van der Waals surface area contributed by atoms with Crippen LogP contribution in [0.3, 0.4) is 0 Å². The van der Waals surface area contributed by atoms with Gasteiger partial charge in [-0.3, -0.25) is 9.89 Å². The van der Waals surface area contributed by atoms with Gasteiger partial charge in [-0.25, -0.2) is 0 Å². The summed E-state index contributed by atoms with van der Waals surface area (Å²) >= 11 is 0. The Labute approximate surface area is 130 Å². The maximum atomic E-state index is 12.9. The highest BCUT2D eigenvalue weighted by Crippen LogP contribution is 2.24. The van der Waals surface area contributed by atoms with Crippen molar-refractivity contribution in [2.75, 3.05) is 26.2 Å². The quantitative estimate of drug-likeness (QED) is 0.945. The zero-order valence-corrected chi connectivity index (χ0v) is 12.8. The maximum Gasteiger partial charge on any atom is 0.275 e. The van der Waals surface area contributed by atoms with Crippen LogP contribution in [0.25, 0.3) is 10.9 Å². The molecular weight excluding hydrogens is 276 g/mol. The molecule has 0 saturated carbocycles. The third-order valence-electron chi connectivity index (χ3n) is 4.98. The fraction of sp³-hybridized carbons (Fsp3) is 0.529. The van der Waals surface area contributed by atoms with E-state index >= 15 is 0 Å². The van der Waals surface area contributed by atoms with E-state index in [4.69, 9.17) is 0 Å². The number of aromatic amines is 1. The van der Waals surface area contributed by atoms with E-state index in [1.54, 1.807) is 0 Å². The van der Waals surface area contributed by atoms with Crippen molar-refractivity contribution in [2.45, 2.75) is 31.7 Å². The first-order valence-electron chi connectivity index (χ1n) is 8.29. The van der Waals surface area contributed by atoms with Crippen LogP contribution >= 0.6 is 0 Å². The van der Waals surface area contributed by atoms with Gasteiger partial charge in [-0.05, 0) is 44.8 Å². The highest BCUT2D eigenvalue weighted by atomic mass is 16.2. The van der Waals surface area contributed by atoms with Crippen molar-refractivity contribution < 1.29 is 4.79 Å². The lowest BCUT2D eigenvalue weighted by Gasteiger charge is -2.28. The number of rotatable bonds is 3. The van der Waals surface area contributed by atoms with Gasteiger partial charge in [-0.2, -0.15) is 5.10 Å². The summed E-state index contributed by atoms with van der Waals surface area (Å²) in [6.45, 7) is 4.25. The molecule has 2 aliphatic heterocycles. The van der Waals surface area contributed by atoms with E-state index < -0.39 is 0 Å². The molecule has 0 radical (unpaired) electrons. The molecule has 2 aliphatic rings. The summed E-state index contributed by atoms with van der Waals surface area (Å²) in [4.78, 5) is 17.5. The Kier molecular flexibility index (Phi) is 3.58. The van der Waals surface area contributed by atoms with Gasteiger partial charge in [0.05, 0.1) is 5.52 Å². The molecule has 3 heterocycles. The highest BCUT2D eigenvalue weighted by Gasteiger charge is 2.32. The number of para-hydroxylation sites is 1. The lowest BCUT2D eigenvalue weighted by Crippen LogP contribution is -2.42. The second-order valence-corrected chi connectivity index (χ2v) is 6.42. The SMILES string of the molecule is O=C(c1n[nH]c2ccccc12)N1CCC[C@@H]1CN1CCCC1. The number of aromatic nitrogens is 2. The van der Waals surface area contributed by atoms with Gasteiger partial charge in [-0.1, -0.05) is 18.2 Å². The predicted octanol–water partition coefficient (Wildman–Crippen LogP) is 2.26. The average molecular weight is 298 g/mol. The van der Waals surface area contributed by atoms with Gasteiger partial charge in [0.25, 0.3) is 5.91 Å². The molecule has 0 bridgehead atoms. The molecule has 0 spiro atoms. The summed E-state index contributed by atoms with van der Waals surface area (Å²) in [6.07, 6.45) is 4.81. The van der Waals surface area contributed by atoms with E-state index in [9.17, 15) is 4.79 Å². The predicted molar refractivity (Wildman–Crippen MR) is 85.8 cm³/mol. The molecule has 1 amide bonds. The molecule has 5 heteroatoms. The third kappa shape index (κ3) is 2.39. The van der Waals surface area contributed by atoms with Crippen LogP contribution in [0.2, 0.25) is 0 Å². The molecule has 116 valence electrons. The molecule has 2 saturated heterocycles. The Bertz CT molecular complexity index is 674. The van der Waals surface area contributed by atoms with Gasteiger partial charge in [0.1, 0.15) is 0 Å². The summed E-state index contributed by atoms with van der Waals surface area (Å²) in [7, 11) is 0. The lowest BCUT2D eigenvalue weighted by atomic mass is 10.1. The summed E-state index contributed by atoms with van der Waals surface area (Å²) in [6, 6.07) is 8.20. The minimum absolute atomic E-state index is 0.0825. The molecule has 22 heavy (non-hydrogen) atoms. The van der Waals surface area contributed by atoms with Gasteiger partial charge >= 0.3 is 0 Å². The number of carbonyl (C=O) groups is 1. The standard InChI is InChI=1S/C17H22N4O/c22-17(16-14-7-1-2-8-15(14)18-19-16)21-11-5-6-13(21)12-20-9-3-4-10-20/h1-2,7-8,13H,3-6,9-12H2,(H,18,19)/t13-/m1/s1. The van der Waals surface area contributed by atoms with Crippen LogP contribution in [-0.4, -0.2) is 58.1 Å². The highest BCUT2D eigenvalue weighted by molar-refractivity contribution is 6.04. The minimum atomic E-state index is 0.0825. The van der Waals surface area contributed by atoms with Crippen molar-refractivity contribution in [3.8, 4) is 0 Å². The number of amides is 1. The van der Waals surface area contributed by atoms with Crippen molar-refractivity contribution in [1.82, 2.24) is 20.0 Å². The fourth-order valence-electron chi connectivity index (χ4n) is 3.82. The number of hydrogen-bond donors (Lipinski definition) is 1. The van der Waals surface area contributed by atoms with Crippen molar-refractivity contribution in [2.24, 2.45) is 0 Å². The van der Waals surface area contributed by atoms with Crippen molar-refractivity contribution in [1.29, 1.82) is 0 Å². The Balaban J connectivity index is 1.55. The maximum absolute atomic E-state index is 12.9. The van der Waals surface area contributed by atoms with Crippen LogP contribution in [0.1, 0.15) is 36.2 Å². The lowest BCUT2D eigenvalue weighted by molar-refractivity contribution is 0.0704. The first-order valence-corrected chi connectivity index (χ1v) is 8.29. The van der Waals surface area contributed by atoms with Crippen LogP contribution in [0.15, 0.2) is 24.3 Å². The van der Waals surface area contributed by atoms with Crippen molar-refractivity contribution in [3.63, 3.8) is 0 Å². The van der Waals surface area contributed by atoms with Gasteiger partial charge in [0, 0.05) is 24.5 Å². The van der Waals surface area contributed by atoms with Gasteiger partial charge in [-0.15, -0.1) is 0 Å². The fourth-order valence-corrected chi connectivity index (χ4v) is 3.82. The first kappa shape index (κ1) is 13.8.